The number of nitrogens with zero attached hydrogens (tertiary/aromatic N) is 2. The molecule has 7 nitrogen and oxygen atoms in total. The average molecular weight is 317 g/mol. The van der Waals surface area contributed by atoms with Crippen molar-refractivity contribution in [1.29, 1.82) is 0 Å². The molecule has 0 aromatic carbocycles. The van der Waals surface area contributed by atoms with Crippen LogP contribution < -0.4 is 5.32 Å². The van der Waals surface area contributed by atoms with Crippen molar-refractivity contribution in [3.63, 3.8) is 0 Å². The first-order chi connectivity index (χ1) is 9.70. The molecule has 2 aliphatic heterocycles. The normalized spacial score (nSPS) is 32.1. The lowest BCUT2D eigenvalue weighted by Crippen LogP contribution is -2.62. The molecule has 2 amide bonds. The molecule has 1 N–H and O–H groups in total. The van der Waals surface area contributed by atoms with Gasteiger partial charge in [0.25, 0.3) is 0 Å². The van der Waals surface area contributed by atoms with Gasteiger partial charge in [0.1, 0.15) is 12.1 Å². The van der Waals surface area contributed by atoms with E-state index in [0.29, 0.717) is 19.6 Å². The van der Waals surface area contributed by atoms with E-state index >= 15 is 0 Å². The van der Waals surface area contributed by atoms with E-state index in [2.05, 4.69) is 5.32 Å². The zero-order chi connectivity index (χ0) is 15.8. The Labute approximate surface area is 125 Å². The molecular weight excluding hydrogens is 294 g/mol. The van der Waals surface area contributed by atoms with Crippen molar-refractivity contribution in [3.8, 4) is 0 Å². The molecule has 0 aromatic rings. The smallest absolute Gasteiger partial charge is 0.245 e. The van der Waals surface area contributed by atoms with E-state index in [1.165, 1.54) is 10.6 Å². The molecule has 0 radical (unpaired) electrons. The fraction of sp³-hybridized carbons (Fsp3) is 0.846. The Kier molecular flexibility index (Phi) is 4.57. The summed E-state index contributed by atoms with van der Waals surface area (Å²) < 4.78 is 24.7. The Balaban J connectivity index is 2.06. The lowest BCUT2D eigenvalue weighted by atomic mass is 9.97. The summed E-state index contributed by atoms with van der Waals surface area (Å²) in [7, 11) is -3.20. The number of sulfonamides is 1. The van der Waals surface area contributed by atoms with Crippen molar-refractivity contribution in [1.82, 2.24) is 14.5 Å². The van der Waals surface area contributed by atoms with Gasteiger partial charge in [0.05, 0.1) is 6.26 Å². The SMILES string of the molecule is CC1NC(=O)C(C)N(CC2CCCN(S(C)(=O)=O)C2)C1=O. The summed E-state index contributed by atoms with van der Waals surface area (Å²) in [6.45, 7) is 4.77. The van der Waals surface area contributed by atoms with Crippen molar-refractivity contribution in [2.75, 3.05) is 25.9 Å². The molecule has 0 bridgehead atoms. The maximum absolute atomic E-state index is 12.2. The van der Waals surface area contributed by atoms with Gasteiger partial charge in [0, 0.05) is 19.6 Å². The molecule has 2 rings (SSSR count). The Morgan fingerprint density at radius 2 is 1.95 bits per heavy atom. The Morgan fingerprint density at radius 1 is 1.29 bits per heavy atom. The van der Waals surface area contributed by atoms with Gasteiger partial charge in [-0.1, -0.05) is 0 Å². The van der Waals surface area contributed by atoms with E-state index in [-0.39, 0.29) is 17.7 Å². The Morgan fingerprint density at radius 3 is 2.57 bits per heavy atom. The topological polar surface area (TPSA) is 86.8 Å². The fourth-order valence-corrected chi connectivity index (χ4v) is 3.92. The molecule has 0 spiro atoms. The van der Waals surface area contributed by atoms with E-state index in [0.717, 1.165) is 12.8 Å². The first-order valence-electron chi connectivity index (χ1n) is 7.26. The molecule has 2 aliphatic rings. The predicted octanol–water partition coefficient (Wildman–Crippen LogP) is -0.607. The molecular formula is C13H23N3O4S. The maximum atomic E-state index is 12.2. The second-order valence-electron chi connectivity index (χ2n) is 6.03. The highest BCUT2D eigenvalue weighted by Crippen LogP contribution is 2.22. The minimum Gasteiger partial charge on any atom is -0.343 e. The van der Waals surface area contributed by atoms with E-state index in [9.17, 15) is 18.0 Å². The highest BCUT2D eigenvalue weighted by atomic mass is 32.2. The summed E-state index contributed by atoms with van der Waals surface area (Å²) in [6, 6.07) is -1.01. The predicted molar refractivity (Wildman–Crippen MR) is 77.9 cm³/mol. The molecule has 120 valence electrons. The minimum absolute atomic E-state index is 0.0815. The number of piperazine rings is 1. The van der Waals surface area contributed by atoms with Crippen molar-refractivity contribution < 1.29 is 18.0 Å². The molecule has 3 unspecified atom stereocenters. The lowest BCUT2D eigenvalue weighted by molar-refractivity contribution is -0.149. The van der Waals surface area contributed by atoms with Crippen LogP contribution in [0.3, 0.4) is 0 Å². The zero-order valence-corrected chi connectivity index (χ0v) is 13.5. The molecule has 0 aromatic heterocycles. The number of carbonyl (C=O) groups excluding carboxylic acids is 2. The van der Waals surface area contributed by atoms with Gasteiger partial charge >= 0.3 is 0 Å². The van der Waals surface area contributed by atoms with Crippen molar-refractivity contribution in [2.45, 2.75) is 38.8 Å². The maximum Gasteiger partial charge on any atom is 0.245 e. The van der Waals surface area contributed by atoms with E-state index < -0.39 is 22.1 Å². The second kappa shape index (κ2) is 5.92. The van der Waals surface area contributed by atoms with Crippen LogP contribution in [-0.4, -0.2) is 67.4 Å². The molecule has 0 aliphatic carbocycles. The fourth-order valence-electron chi connectivity index (χ4n) is 2.98. The first-order valence-corrected chi connectivity index (χ1v) is 9.11. The summed E-state index contributed by atoms with van der Waals surface area (Å²) in [5.74, 6) is -0.172. The summed E-state index contributed by atoms with van der Waals surface area (Å²) in [5.41, 5.74) is 0. The molecule has 2 fully saturated rings. The summed E-state index contributed by atoms with van der Waals surface area (Å²) >= 11 is 0. The van der Waals surface area contributed by atoms with Gasteiger partial charge in [-0.2, -0.15) is 0 Å². The van der Waals surface area contributed by atoms with Crippen LogP contribution in [0.5, 0.6) is 0 Å². The van der Waals surface area contributed by atoms with Gasteiger partial charge in [0.2, 0.25) is 21.8 Å². The molecule has 2 heterocycles. The number of piperidine rings is 1. The Hall–Kier alpha value is -1.15. The average Bonchev–Trinajstić information content (AvgIpc) is 2.41. The standard InChI is InChI=1S/C13H23N3O4S/c1-9-13(18)16(10(2)12(17)14-9)8-11-5-4-6-15(7-11)21(3,19)20/h9-11H,4-8H2,1-3H3,(H,14,17). The van der Waals surface area contributed by atoms with Crippen LogP contribution in [0, 0.1) is 5.92 Å². The highest BCUT2D eigenvalue weighted by Gasteiger charge is 2.38. The van der Waals surface area contributed by atoms with Gasteiger partial charge in [-0.25, -0.2) is 12.7 Å². The van der Waals surface area contributed by atoms with Crippen LogP contribution in [0.2, 0.25) is 0 Å². The first kappa shape index (κ1) is 16.2. The molecule has 3 atom stereocenters. The number of nitrogens with one attached hydrogen (secondary N) is 1. The largest absolute Gasteiger partial charge is 0.343 e. The van der Waals surface area contributed by atoms with Crippen molar-refractivity contribution in [2.24, 2.45) is 5.92 Å². The van der Waals surface area contributed by atoms with Crippen LogP contribution in [-0.2, 0) is 19.6 Å². The highest BCUT2D eigenvalue weighted by molar-refractivity contribution is 7.88. The van der Waals surface area contributed by atoms with Gasteiger partial charge in [-0.3, -0.25) is 9.59 Å². The van der Waals surface area contributed by atoms with Gasteiger partial charge in [0.15, 0.2) is 0 Å². The number of hydrogen-bond acceptors (Lipinski definition) is 4. The Bertz CT molecular complexity index is 534. The van der Waals surface area contributed by atoms with Crippen molar-refractivity contribution >= 4 is 21.8 Å². The number of hydrogen-bond donors (Lipinski definition) is 1. The summed E-state index contributed by atoms with van der Waals surface area (Å²) in [5, 5.41) is 2.64. The molecule has 21 heavy (non-hydrogen) atoms. The van der Waals surface area contributed by atoms with Crippen LogP contribution in [0.1, 0.15) is 26.7 Å². The lowest BCUT2D eigenvalue weighted by Gasteiger charge is -2.40. The molecule has 2 saturated heterocycles. The van der Waals surface area contributed by atoms with Crippen LogP contribution in [0.15, 0.2) is 0 Å². The van der Waals surface area contributed by atoms with Gasteiger partial charge in [-0.05, 0) is 32.6 Å². The third kappa shape index (κ3) is 3.55. The van der Waals surface area contributed by atoms with Gasteiger partial charge < -0.3 is 10.2 Å². The number of rotatable bonds is 3. The van der Waals surface area contributed by atoms with Crippen LogP contribution >= 0.6 is 0 Å². The van der Waals surface area contributed by atoms with Crippen LogP contribution in [0.25, 0.3) is 0 Å². The summed E-state index contributed by atoms with van der Waals surface area (Å²) in [4.78, 5) is 25.6. The quantitative estimate of drug-likeness (QED) is 0.752. The third-order valence-corrected chi connectivity index (χ3v) is 5.53. The molecule has 8 heteroatoms. The van der Waals surface area contributed by atoms with E-state index in [1.54, 1.807) is 18.7 Å². The number of amides is 2. The summed E-state index contributed by atoms with van der Waals surface area (Å²) in [6.07, 6.45) is 2.87. The van der Waals surface area contributed by atoms with E-state index in [4.69, 9.17) is 0 Å². The monoisotopic (exact) mass is 317 g/mol. The van der Waals surface area contributed by atoms with Crippen LogP contribution in [0.4, 0.5) is 0 Å². The van der Waals surface area contributed by atoms with E-state index in [1.807, 2.05) is 0 Å². The third-order valence-electron chi connectivity index (χ3n) is 4.26. The van der Waals surface area contributed by atoms with Crippen molar-refractivity contribution in [3.05, 3.63) is 0 Å². The minimum atomic E-state index is -3.20. The molecule has 0 saturated carbocycles. The zero-order valence-electron chi connectivity index (χ0n) is 12.7. The second-order valence-corrected chi connectivity index (χ2v) is 8.01. The number of carbonyl (C=O) groups is 2. The van der Waals surface area contributed by atoms with Gasteiger partial charge in [-0.15, -0.1) is 0 Å².